The predicted molar refractivity (Wildman–Crippen MR) is 56.0 cm³/mol. The van der Waals surface area contributed by atoms with Gasteiger partial charge in [-0.25, -0.2) is 8.78 Å². The molecule has 86 valence electrons. The fourth-order valence-corrected chi connectivity index (χ4v) is 1.31. The number of benzene rings is 1. The summed E-state index contributed by atoms with van der Waals surface area (Å²) in [5.74, 6) is -1.75. The quantitative estimate of drug-likeness (QED) is 0.819. The van der Waals surface area contributed by atoms with Gasteiger partial charge in [-0.2, -0.15) is 0 Å². The minimum absolute atomic E-state index is 0.00370. The first-order chi connectivity index (χ1) is 7.65. The maximum atomic E-state index is 13.1. The summed E-state index contributed by atoms with van der Waals surface area (Å²) < 4.78 is 25.7. The maximum absolute atomic E-state index is 13.1. The van der Waals surface area contributed by atoms with Crippen LogP contribution in [0.1, 0.15) is 12.8 Å². The van der Waals surface area contributed by atoms with Gasteiger partial charge in [0.25, 0.3) is 0 Å². The molecule has 3 nitrogen and oxygen atoms in total. The average Bonchev–Trinajstić information content (AvgIpc) is 3.03. The van der Waals surface area contributed by atoms with Crippen LogP contribution < -0.4 is 10.6 Å². The number of carbonyl (C=O) groups is 1. The molecule has 0 atom stereocenters. The summed E-state index contributed by atoms with van der Waals surface area (Å²) in [5.41, 5.74) is 0.00370. The Morgan fingerprint density at radius 3 is 2.75 bits per heavy atom. The van der Waals surface area contributed by atoms with Crippen LogP contribution in [0.4, 0.5) is 14.5 Å². The van der Waals surface area contributed by atoms with E-state index in [4.69, 9.17) is 0 Å². The normalized spacial score (nSPS) is 14.9. The highest BCUT2D eigenvalue weighted by atomic mass is 19.1. The van der Waals surface area contributed by atoms with Gasteiger partial charge < -0.3 is 10.6 Å². The molecular formula is C11H12F2N2O. The van der Waals surface area contributed by atoms with Crippen LogP contribution in [0.2, 0.25) is 0 Å². The number of hydrogen-bond donors (Lipinski definition) is 2. The third kappa shape index (κ3) is 3.00. The van der Waals surface area contributed by atoms with Crippen molar-refractivity contribution in [2.75, 3.05) is 11.9 Å². The minimum Gasteiger partial charge on any atom is -0.322 e. The number of amides is 1. The fourth-order valence-electron chi connectivity index (χ4n) is 1.31. The van der Waals surface area contributed by atoms with E-state index >= 15 is 0 Å². The van der Waals surface area contributed by atoms with Gasteiger partial charge >= 0.3 is 0 Å². The van der Waals surface area contributed by atoms with Crippen molar-refractivity contribution in [3.63, 3.8) is 0 Å². The SMILES string of the molecule is O=C(CNC1CC1)Nc1ccc(F)cc1F. The Morgan fingerprint density at radius 2 is 2.12 bits per heavy atom. The Hall–Kier alpha value is -1.49. The molecule has 16 heavy (non-hydrogen) atoms. The molecule has 0 aliphatic heterocycles. The first-order valence-corrected chi connectivity index (χ1v) is 5.13. The summed E-state index contributed by atoms with van der Waals surface area (Å²) in [6.45, 7) is 0.154. The molecule has 0 heterocycles. The molecule has 1 fully saturated rings. The smallest absolute Gasteiger partial charge is 0.238 e. The van der Waals surface area contributed by atoms with Crippen molar-refractivity contribution >= 4 is 11.6 Å². The first kappa shape index (κ1) is 11.0. The lowest BCUT2D eigenvalue weighted by Gasteiger charge is -2.06. The zero-order chi connectivity index (χ0) is 11.5. The monoisotopic (exact) mass is 226 g/mol. The van der Waals surface area contributed by atoms with Crippen LogP contribution in [0.15, 0.2) is 18.2 Å². The maximum Gasteiger partial charge on any atom is 0.238 e. The summed E-state index contributed by atoms with van der Waals surface area (Å²) in [5, 5.41) is 5.38. The third-order valence-electron chi connectivity index (χ3n) is 2.33. The van der Waals surface area contributed by atoms with Crippen molar-refractivity contribution in [3.8, 4) is 0 Å². The van der Waals surface area contributed by atoms with E-state index in [9.17, 15) is 13.6 Å². The van der Waals surface area contributed by atoms with E-state index in [2.05, 4.69) is 10.6 Å². The van der Waals surface area contributed by atoms with Crippen molar-refractivity contribution in [2.24, 2.45) is 0 Å². The van der Waals surface area contributed by atoms with Gasteiger partial charge in [-0.3, -0.25) is 4.79 Å². The summed E-state index contributed by atoms with van der Waals surface area (Å²) in [6.07, 6.45) is 2.16. The fraction of sp³-hybridized carbons (Fsp3) is 0.364. The second-order valence-corrected chi connectivity index (χ2v) is 3.83. The van der Waals surface area contributed by atoms with E-state index in [-0.39, 0.29) is 18.1 Å². The molecule has 1 amide bonds. The first-order valence-electron chi connectivity index (χ1n) is 5.13. The van der Waals surface area contributed by atoms with Crippen LogP contribution in [0, 0.1) is 11.6 Å². The number of carbonyl (C=O) groups excluding carboxylic acids is 1. The molecule has 2 N–H and O–H groups in total. The van der Waals surface area contributed by atoms with Crippen LogP contribution in [-0.4, -0.2) is 18.5 Å². The van der Waals surface area contributed by atoms with Crippen LogP contribution >= 0.6 is 0 Å². The molecule has 1 saturated carbocycles. The number of nitrogens with one attached hydrogen (secondary N) is 2. The van der Waals surface area contributed by atoms with E-state index in [1.807, 2.05) is 0 Å². The average molecular weight is 226 g/mol. The largest absolute Gasteiger partial charge is 0.322 e. The summed E-state index contributed by atoms with van der Waals surface area (Å²) in [4.78, 5) is 11.3. The van der Waals surface area contributed by atoms with Gasteiger partial charge in [-0.15, -0.1) is 0 Å². The Balaban J connectivity index is 1.89. The van der Waals surface area contributed by atoms with Crippen LogP contribution in [-0.2, 0) is 4.79 Å². The van der Waals surface area contributed by atoms with Crippen molar-refractivity contribution in [3.05, 3.63) is 29.8 Å². The summed E-state index contributed by atoms with van der Waals surface area (Å²) in [6, 6.07) is 3.47. The highest BCUT2D eigenvalue weighted by Crippen LogP contribution is 2.18. The van der Waals surface area contributed by atoms with Crippen LogP contribution in [0.25, 0.3) is 0 Å². The topological polar surface area (TPSA) is 41.1 Å². The predicted octanol–water partition coefficient (Wildman–Crippen LogP) is 1.66. The Kier molecular flexibility index (Phi) is 3.14. The second-order valence-electron chi connectivity index (χ2n) is 3.83. The standard InChI is InChI=1S/C11H12F2N2O/c12-7-1-4-10(9(13)5-7)15-11(16)6-14-8-2-3-8/h1,4-5,8,14H,2-3,6H2,(H,15,16). The van der Waals surface area contributed by atoms with E-state index in [1.165, 1.54) is 6.07 Å². The zero-order valence-corrected chi connectivity index (χ0v) is 8.59. The molecule has 1 aliphatic rings. The molecule has 0 unspecified atom stereocenters. The molecular weight excluding hydrogens is 214 g/mol. The lowest BCUT2D eigenvalue weighted by Crippen LogP contribution is -2.29. The van der Waals surface area contributed by atoms with Gasteiger partial charge in [-0.05, 0) is 25.0 Å². The Bertz CT molecular complexity index is 405. The number of anilines is 1. The molecule has 1 aliphatic carbocycles. The highest BCUT2D eigenvalue weighted by molar-refractivity contribution is 5.92. The summed E-state index contributed by atoms with van der Waals surface area (Å²) >= 11 is 0. The molecule has 0 bridgehead atoms. The van der Waals surface area contributed by atoms with Gasteiger partial charge in [0.2, 0.25) is 5.91 Å². The Labute approximate surface area is 91.8 Å². The minimum atomic E-state index is -0.764. The molecule has 1 aromatic rings. The van der Waals surface area contributed by atoms with Crippen LogP contribution in [0.5, 0.6) is 0 Å². The van der Waals surface area contributed by atoms with Gasteiger partial charge in [0, 0.05) is 12.1 Å². The van der Waals surface area contributed by atoms with Crippen molar-refractivity contribution in [1.82, 2.24) is 5.32 Å². The molecule has 0 saturated heterocycles. The van der Waals surface area contributed by atoms with Gasteiger partial charge in [-0.1, -0.05) is 0 Å². The van der Waals surface area contributed by atoms with Gasteiger partial charge in [0.1, 0.15) is 11.6 Å². The van der Waals surface area contributed by atoms with Crippen LogP contribution in [0.3, 0.4) is 0 Å². The van der Waals surface area contributed by atoms with Gasteiger partial charge in [0.15, 0.2) is 0 Å². The zero-order valence-electron chi connectivity index (χ0n) is 8.59. The number of rotatable bonds is 4. The Morgan fingerprint density at radius 1 is 1.38 bits per heavy atom. The van der Waals surface area contributed by atoms with E-state index in [0.717, 1.165) is 25.0 Å². The molecule has 0 radical (unpaired) electrons. The summed E-state index contributed by atoms with van der Waals surface area (Å²) in [7, 11) is 0. The van der Waals surface area contributed by atoms with Gasteiger partial charge in [0.05, 0.1) is 12.2 Å². The molecule has 0 spiro atoms. The van der Waals surface area contributed by atoms with E-state index in [1.54, 1.807) is 0 Å². The van der Waals surface area contributed by atoms with Crippen molar-refractivity contribution in [1.29, 1.82) is 0 Å². The third-order valence-corrected chi connectivity index (χ3v) is 2.33. The lowest BCUT2D eigenvalue weighted by atomic mass is 10.3. The molecule has 2 rings (SSSR count). The number of hydrogen-bond acceptors (Lipinski definition) is 2. The number of halogens is 2. The molecule has 1 aromatic carbocycles. The molecule has 5 heteroatoms. The lowest BCUT2D eigenvalue weighted by molar-refractivity contribution is -0.115. The molecule has 0 aromatic heterocycles. The van der Waals surface area contributed by atoms with Crippen molar-refractivity contribution < 1.29 is 13.6 Å². The van der Waals surface area contributed by atoms with E-state index in [0.29, 0.717) is 6.04 Å². The highest BCUT2D eigenvalue weighted by Gasteiger charge is 2.21. The second kappa shape index (κ2) is 4.57. The van der Waals surface area contributed by atoms with E-state index < -0.39 is 11.6 Å². The van der Waals surface area contributed by atoms with Crippen molar-refractivity contribution in [2.45, 2.75) is 18.9 Å².